The first-order chi connectivity index (χ1) is 16.1. The van der Waals surface area contributed by atoms with Gasteiger partial charge in [0.15, 0.2) is 11.5 Å². The molecule has 5 rings (SSSR count). The molecule has 4 heterocycles. The summed E-state index contributed by atoms with van der Waals surface area (Å²) in [6.45, 7) is 6.32. The number of fused-ring (bicyclic) bond motifs is 1. The van der Waals surface area contributed by atoms with Crippen LogP contribution in [0.4, 0.5) is 5.95 Å². The van der Waals surface area contributed by atoms with E-state index < -0.39 is 0 Å². The van der Waals surface area contributed by atoms with Crippen LogP contribution in [0.25, 0.3) is 0 Å². The van der Waals surface area contributed by atoms with Crippen molar-refractivity contribution >= 4 is 11.9 Å². The first-order valence-corrected chi connectivity index (χ1v) is 11.7. The smallest absolute Gasteiger partial charge is 0.255 e. The molecule has 0 saturated carbocycles. The molecule has 1 unspecified atom stereocenters. The van der Waals surface area contributed by atoms with Crippen molar-refractivity contribution in [2.75, 3.05) is 51.0 Å². The van der Waals surface area contributed by atoms with Crippen LogP contribution in [-0.4, -0.2) is 66.8 Å². The number of hydrogen-bond acceptors (Lipinski definition) is 7. The van der Waals surface area contributed by atoms with Gasteiger partial charge < -0.3 is 24.0 Å². The van der Waals surface area contributed by atoms with E-state index in [0.29, 0.717) is 63.1 Å². The molecule has 33 heavy (non-hydrogen) atoms. The summed E-state index contributed by atoms with van der Waals surface area (Å²) in [5.41, 5.74) is 2.16. The lowest BCUT2D eigenvalue weighted by Crippen LogP contribution is -2.38. The van der Waals surface area contributed by atoms with E-state index in [1.165, 1.54) is 0 Å². The van der Waals surface area contributed by atoms with Gasteiger partial charge in [-0.25, -0.2) is 4.98 Å². The zero-order valence-corrected chi connectivity index (χ0v) is 19.0. The van der Waals surface area contributed by atoms with Crippen LogP contribution in [0.15, 0.2) is 23.0 Å². The second kappa shape index (κ2) is 9.43. The molecule has 1 amide bonds. The van der Waals surface area contributed by atoms with Gasteiger partial charge in [0.2, 0.25) is 11.9 Å². The number of rotatable bonds is 5. The van der Waals surface area contributed by atoms with E-state index in [1.807, 2.05) is 34.9 Å². The summed E-state index contributed by atoms with van der Waals surface area (Å²) in [6.07, 6.45) is 2.53. The van der Waals surface area contributed by atoms with E-state index in [4.69, 9.17) is 14.2 Å². The SMILES string of the molecule is Cc1nc(N2CCOCC2)[nH]c(=O)c1CCC(=O)N1CCCC1c1ccc2c(c1)OCCO2. The minimum absolute atomic E-state index is 0.0227. The Balaban J connectivity index is 1.26. The third-order valence-corrected chi connectivity index (χ3v) is 6.63. The molecule has 0 aliphatic carbocycles. The summed E-state index contributed by atoms with van der Waals surface area (Å²) in [5.74, 6) is 2.13. The fourth-order valence-corrected chi connectivity index (χ4v) is 4.87. The Morgan fingerprint density at radius 2 is 1.91 bits per heavy atom. The lowest BCUT2D eigenvalue weighted by Gasteiger charge is -2.28. The molecular weight excluding hydrogens is 424 g/mol. The average molecular weight is 455 g/mol. The molecule has 0 bridgehead atoms. The molecule has 2 saturated heterocycles. The number of ether oxygens (including phenoxy) is 3. The van der Waals surface area contributed by atoms with E-state index in [1.54, 1.807) is 0 Å². The number of nitrogens with one attached hydrogen (secondary N) is 1. The number of morpholine rings is 1. The Kier molecular flexibility index (Phi) is 6.22. The molecule has 9 heteroatoms. The molecule has 3 aliphatic rings. The Morgan fingerprint density at radius 3 is 2.70 bits per heavy atom. The minimum atomic E-state index is -0.165. The predicted octanol–water partition coefficient (Wildman–Crippen LogP) is 1.98. The van der Waals surface area contributed by atoms with Crippen LogP contribution in [0, 0.1) is 6.92 Å². The molecule has 1 atom stereocenters. The normalized spacial score (nSPS) is 20.2. The zero-order valence-electron chi connectivity index (χ0n) is 19.0. The zero-order chi connectivity index (χ0) is 22.8. The lowest BCUT2D eigenvalue weighted by atomic mass is 10.0. The van der Waals surface area contributed by atoms with Crippen molar-refractivity contribution in [1.29, 1.82) is 0 Å². The van der Waals surface area contributed by atoms with E-state index in [9.17, 15) is 9.59 Å². The number of aryl methyl sites for hydroxylation is 1. The van der Waals surface area contributed by atoms with Gasteiger partial charge in [-0.15, -0.1) is 0 Å². The van der Waals surface area contributed by atoms with Crippen molar-refractivity contribution in [3.8, 4) is 11.5 Å². The molecule has 3 aliphatic heterocycles. The van der Waals surface area contributed by atoms with Gasteiger partial charge in [0.05, 0.1) is 19.3 Å². The van der Waals surface area contributed by atoms with Gasteiger partial charge in [0.25, 0.3) is 5.56 Å². The topological polar surface area (TPSA) is 97.0 Å². The summed E-state index contributed by atoms with van der Waals surface area (Å²) >= 11 is 0. The summed E-state index contributed by atoms with van der Waals surface area (Å²) in [6, 6.07) is 5.96. The van der Waals surface area contributed by atoms with Crippen molar-refractivity contribution in [2.24, 2.45) is 0 Å². The van der Waals surface area contributed by atoms with Gasteiger partial charge in [-0.1, -0.05) is 6.07 Å². The van der Waals surface area contributed by atoms with Gasteiger partial charge in [-0.3, -0.25) is 14.6 Å². The minimum Gasteiger partial charge on any atom is -0.486 e. The fraction of sp³-hybridized carbons (Fsp3) is 0.542. The highest BCUT2D eigenvalue weighted by atomic mass is 16.6. The maximum atomic E-state index is 13.1. The predicted molar refractivity (Wildman–Crippen MR) is 122 cm³/mol. The number of hydrogen-bond donors (Lipinski definition) is 1. The quantitative estimate of drug-likeness (QED) is 0.738. The third kappa shape index (κ3) is 4.55. The molecule has 1 aromatic heterocycles. The van der Waals surface area contributed by atoms with Gasteiger partial charge >= 0.3 is 0 Å². The lowest BCUT2D eigenvalue weighted by molar-refractivity contribution is -0.132. The van der Waals surface area contributed by atoms with Crippen LogP contribution < -0.4 is 19.9 Å². The standard InChI is InChI=1S/C24H30N4O5/c1-16-18(23(30)26-24(25-16)27-9-11-31-12-10-27)5-7-22(29)28-8-2-3-19(28)17-4-6-20-21(15-17)33-14-13-32-20/h4,6,15,19H,2-3,5,7-14H2,1H3,(H,25,26,30). The summed E-state index contributed by atoms with van der Waals surface area (Å²) in [7, 11) is 0. The van der Waals surface area contributed by atoms with Crippen molar-refractivity contribution in [3.63, 3.8) is 0 Å². The molecule has 1 aromatic carbocycles. The Morgan fingerprint density at radius 1 is 1.12 bits per heavy atom. The monoisotopic (exact) mass is 454 g/mol. The van der Waals surface area contributed by atoms with Crippen molar-refractivity contribution < 1.29 is 19.0 Å². The third-order valence-electron chi connectivity index (χ3n) is 6.63. The van der Waals surface area contributed by atoms with Gasteiger partial charge in [-0.2, -0.15) is 0 Å². The summed E-state index contributed by atoms with van der Waals surface area (Å²) in [4.78, 5) is 37.4. The molecule has 1 N–H and O–H groups in total. The largest absolute Gasteiger partial charge is 0.486 e. The first-order valence-electron chi connectivity index (χ1n) is 11.7. The maximum Gasteiger partial charge on any atom is 0.255 e. The van der Waals surface area contributed by atoms with Gasteiger partial charge in [0, 0.05) is 37.3 Å². The maximum absolute atomic E-state index is 13.1. The number of nitrogens with zero attached hydrogens (tertiary/aromatic N) is 3. The number of H-pyrrole nitrogens is 1. The molecule has 0 radical (unpaired) electrons. The fourth-order valence-electron chi connectivity index (χ4n) is 4.87. The first kappa shape index (κ1) is 21.8. The number of likely N-dealkylation sites (tertiary alicyclic amines) is 1. The average Bonchev–Trinajstić information content (AvgIpc) is 3.34. The van der Waals surface area contributed by atoms with E-state index >= 15 is 0 Å². The number of carbonyl (C=O) groups is 1. The van der Waals surface area contributed by atoms with Crippen LogP contribution in [-0.2, 0) is 16.0 Å². The van der Waals surface area contributed by atoms with Crippen LogP contribution in [0.5, 0.6) is 11.5 Å². The number of carbonyl (C=O) groups excluding carboxylic acids is 1. The molecule has 176 valence electrons. The van der Waals surface area contributed by atoms with Crippen LogP contribution >= 0.6 is 0 Å². The highest BCUT2D eigenvalue weighted by molar-refractivity contribution is 5.77. The molecular formula is C24H30N4O5. The van der Waals surface area contributed by atoms with Crippen LogP contribution in [0.1, 0.15) is 42.1 Å². The second-order valence-corrected chi connectivity index (χ2v) is 8.70. The van der Waals surface area contributed by atoms with Crippen molar-refractivity contribution in [2.45, 2.75) is 38.6 Å². The summed E-state index contributed by atoms with van der Waals surface area (Å²) in [5, 5.41) is 0. The number of benzene rings is 1. The van der Waals surface area contributed by atoms with E-state index in [2.05, 4.69) is 9.97 Å². The van der Waals surface area contributed by atoms with Gasteiger partial charge in [-0.05, 0) is 43.9 Å². The Bertz CT molecular complexity index is 1080. The number of aromatic nitrogens is 2. The van der Waals surface area contributed by atoms with Crippen molar-refractivity contribution in [1.82, 2.24) is 14.9 Å². The van der Waals surface area contributed by atoms with Crippen LogP contribution in [0.3, 0.4) is 0 Å². The van der Waals surface area contributed by atoms with E-state index in [-0.39, 0.29) is 23.9 Å². The highest BCUT2D eigenvalue weighted by Crippen LogP contribution is 2.38. The number of anilines is 1. The Hall–Kier alpha value is -3.07. The molecule has 2 aromatic rings. The highest BCUT2D eigenvalue weighted by Gasteiger charge is 2.31. The second-order valence-electron chi connectivity index (χ2n) is 8.70. The van der Waals surface area contributed by atoms with E-state index in [0.717, 1.165) is 36.4 Å². The number of amides is 1. The Labute approximate surface area is 192 Å². The molecule has 0 spiro atoms. The van der Waals surface area contributed by atoms with Crippen molar-refractivity contribution in [3.05, 3.63) is 45.4 Å². The summed E-state index contributed by atoms with van der Waals surface area (Å²) < 4.78 is 16.7. The van der Waals surface area contributed by atoms with Gasteiger partial charge in [0.1, 0.15) is 13.2 Å². The molecule has 9 nitrogen and oxygen atoms in total. The number of aromatic amines is 1. The molecule has 2 fully saturated rings. The van der Waals surface area contributed by atoms with Crippen LogP contribution in [0.2, 0.25) is 0 Å².